The monoisotopic (exact) mass is 345 g/mol. The van der Waals surface area contributed by atoms with Gasteiger partial charge in [-0.3, -0.25) is 9.59 Å². The lowest BCUT2D eigenvalue weighted by molar-refractivity contribution is -0.157. The quantitative estimate of drug-likeness (QED) is 0.791. The van der Waals surface area contributed by atoms with Gasteiger partial charge in [0.2, 0.25) is 5.91 Å². The fourth-order valence-electron chi connectivity index (χ4n) is 3.70. The highest BCUT2D eigenvalue weighted by molar-refractivity contribution is 5.85. The van der Waals surface area contributed by atoms with E-state index in [4.69, 9.17) is 4.74 Å². The maximum atomic E-state index is 12.1. The molecule has 1 aromatic rings. The predicted molar refractivity (Wildman–Crippen MR) is 94.3 cm³/mol. The third-order valence-corrected chi connectivity index (χ3v) is 5.53. The van der Waals surface area contributed by atoms with E-state index >= 15 is 0 Å². The van der Waals surface area contributed by atoms with Gasteiger partial charge in [0.05, 0.1) is 11.5 Å². The van der Waals surface area contributed by atoms with Crippen molar-refractivity contribution < 1.29 is 19.4 Å². The van der Waals surface area contributed by atoms with E-state index in [1.165, 1.54) is 19.3 Å². The molecule has 1 aromatic carbocycles. The van der Waals surface area contributed by atoms with Gasteiger partial charge in [0.15, 0.2) is 0 Å². The van der Waals surface area contributed by atoms with Crippen LogP contribution in [0.4, 0.5) is 0 Å². The summed E-state index contributed by atoms with van der Waals surface area (Å²) in [6.45, 7) is 0.415. The highest BCUT2D eigenvalue weighted by Gasteiger charge is 2.45. The maximum absolute atomic E-state index is 12.1. The summed E-state index contributed by atoms with van der Waals surface area (Å²) in [5.41, 5.74) is 0.157. The van der Waals surface area contributed by atoms with Gasteiger partial charge in [-0.05, 0) is 56.2 Å². The van der Waals surface area contributed by atoms with Crippen molar-refractivity contribution in [2.75, 3.05) is 0 Å². The molecule has 0 saturated heterocycles. The van der Waals surface area contributed by atoms with Crippen molar-refractivity contribution >= 4 is 11.9 Å². The zero-order chi connectivity index (χ0) is 17.7. The van der Waals surface area contributed by atoms with E-state index in [1.807, 2.05) is 24.3 Å². The first-order valence-corrected chi connectivity index (χ1v) is 9.33. The van der Waals surface area contributed by atoms with Gasteiger partial charge in [-0.15, -0.1) is 0 Å². The molecule has 5 nitrogen and oxygen atoms in total. The second kappa shape index (κ2) is 7.89. The molecule has 5 heteroatoms. The van der Waals surface area contributed by atoms with Crippen LogP contribution >= 0.6 is 0 Å². The SMILES string of the molecule is O=C(CC1(C(=O)O)CCC1)NCc1ccc(OC2CCCCC2)cc1. The van der Waals surface area contributed by atoms with Crippen molar-refractivity contribution in [1.29, 1.82) is 0 Å². The summed E-state index contributed by atoms with van der Waals surface area (Å²) in [5, 5.41) is 12.1. The number of rotatable bonds is 7. The molecule has 0 aromatic heterocycles. The summed E-state index contributed by atoms with van der Waals surface area (Å²) in [6.07, 6.45) is 8.54. The van der Waals surface area contributed by atoms with Crippen molar-refractivity contribution in [2.24, 2.45) is 5.41 Å². The molecule has 2 aliphatic carbocycles. The number of hydrogen-bond acceptors (Lipinski definition) is 3. The second-order valence-electron chi connectivity index (χ2n) is 7.41. The number of carbonyl (C=O) groups excluding carboxylic acids is 1. The number of aliphatic carboxylic acids is 1. The molecule has 2 aliphatic rings. The molecule has 1 amide bonds. The van der Waals surface area contributed by atoms with Crippen molar-refractivity contribution in [1.82, 2.24) is 5.32 Å². The summed E-state index contributed by atoms with van der Waals surface area (Å²) in [5.74, 6) is -0.163. The number of nitrogens with one attached hydrogen (secondary N) is 1. The molecule has 2 saturated carbocycles. The van der Waals surface area contributed by atoms with Crippen molar-refractivity contribution in [3.63, 3.8) is 0 Å². The zero-order valence-corrected chi connectivity index (χ0v) is 14.6. The molecule has 0 aliphatic heterocycles. The summed E-state index contributed by atoms with van der Waals surface area (Å²) in [4.78, 5) is 23.4. The number of carboxylic acids is 1. The Balaban J connectivity index is 1.45. The minimum Gasteiger partial charge on any atom is -0.490 e. The van der Waals surface area contributed by atoms with Gasteiger partial charge in [0.1, 0.15) is 5.75 Å². The number of benzene rings is 1. The first-order valence-electron chi connectivity index (χ1n) is 9.33. The molecular formula is C20H27NO4. The lowest BCUT2D eigenvalue weighted by Gasteiger charge is -2.36. The molecule has 0 heterocycles. The Morgan fingerprint density at radius 3 is 2.32 bits per heavy atom. The molecule has 136 valence electrons. The number of carbonyl (C=O) groups is 2. The molecule has 0 atom stereocenters. The van der Waals surface area contributed by atoms with Gasteiger partial charge in [0.25, 0.3) is 0 Å². The van der Waals surface area contributed by atoms with E-state index in [0.29, 0.717) is 25.5 Å². The Morgan fingerprint density at radius 1 is 1.08 bits per heavy atom. The fraction of sp³-hybridized carbons (Fsp3) is 0.600. The second-order valence-corrected chi connectivity index (χ2v) is 7.41. The van der Waals surface area contributed by atoms with Crippen molar-refractivity contribution in [2.45, 2.75) is 70.4 Å². The van der Waals surface area contributed by atoms with Crippen LogP contribution < -0.4 is 10.1 Å². The van der Waals surface area contributed by atoms with Crippen molar-refractivity contribution in [3.8, 4) is 5.75 Å². The molecular weight excluding hydrogens is 318 g/mol. The van der Waals surface area contributed by atoms with Crippen LogP contribution in [0.3, 0.4) is 0 Å². The van der Waals surface area contributed by atoms with Crippen LogP contribution in [0.5, 0.6) is 5.75 Å². The third kappa shape index (κ3) is 4.53. The van der Waals surface area contributed by atoms with E-state index in [9.17, 15) is 14.7 Å². The Hall–Kier alpha value is -2.04. The Bertz CT molecular complexity index is 601. The van der Waals surface area contributed by atoms with Crippen LogP contribution in [-0.2, 0) is 16.1 Å². The largest absolute Gasteiger partial charge is 0.490 e. The molecule has 2 N–H and O–H groups in total. The molecule has 2 fully saturated rings. The van der Waals surface area contributed by atoms with Crippen molar-refractivity contribution in [3.05, 3.63) is 29.8 Å². The highest BCUT2D eigenvalue weighted by atomic mass is 16.5. The summed E-state index contributed by atoms with van der Waals surface area (Å²) in [6, 6.07) is 7.80. The molecule has 0 unspecified atom stereocenters. The molecule has 3 rings (SSSR count). The lowest BCUT2D eigenvalue weighted by Crippen LogP contribution is -2.42. The maximum Gasteiger partial charge on any atom is 0.310 e. The van der Waals surface area contributed by atoms with E-state index in [1.54, 1.807) is 0 Å². The summed E-state index contributed by atoms with van der Waals surface area (Å²) >= 11 is 0. The van der Waals surface area contributed by atoms with E-state index in [-0.39, 0.29) is 12.3 Å². The van der Waals surface area contributed by atoms with Crippen LogP contribution in [0, 0.1) is 5.41 Å². The Labute approximate surface area is 148 Å². The Kier molecular flexibility index (Phi) is 5.61. The van der Waals surface area contributed by atoms with Gasteiger partial charge < -0.3 is 15.2 Å². The molecule has 0 radical (unpaired) electrons. The van der Waals surface area contributed by atoms with Gasteiger partial charge in [-0.2, -0.15) is 0 Å². The van der Waals surface area contributed by atoms with E-state index < -0.39 is 11.4 Å². The normalized spacial score (nSPS) is 19.7. The van der Waals surface area contributed by atoms with Gasteiger partial charge in [-0.1, -0.05) is 25.0 Å². The van der Waals surface area contributed by atoms with Crippen LogP contribution in [-0.4, -0.2) is 23.1 Å². The van der Waals surface area contributed by atoms with E-state index in [0.717, 1.165) is 30.6 Å². The van der Waals surface area contributed by atoms with Crippen LogP contribution in [0.25, 0.3) is 0 Å². The average Bonchev–Trinajstić information content (AvgIpc) is 2.58. The molecule has 0 bridgehead atoms. The minimum atomic E-state index is -0.849. The number of amides is 1. The topological polar surface area (TPSA) is 75.6 Å². The number of hydrogen-bond donors (Lipinski definition) is 2. The van der Waals surface area contributed by atoms with Crippen LogP contribution in [0.2, 0.25) is 0 Å². The van der Waals surface area contributed by atoms with Crippen LogP contribution in [0.1, 0.15) is 63.4 Å². The molecule has 25 heavy (non-hydrogen) atoms. The predicted octanol–water partition coefficient (Wildman–Crippen LogP) is 3.66. The standard InChI is InChI=1S/C20H27NO4/c22-18(13-20(19(23)24)11-4-12-20)21-14-15-7-9-17(10-8-15)25-16-5-2-1-3-6-16/h7-10,16H,1-6,11-14H2,(H,21,22)(H,23,24). The number of ether oxygens (including phenoxy) is 1. The highest BCUT2D eigenvalue weighted by Crippen LogP contribution is 2.44. The summed E-state index contributed by atoms with van der Waals surface area (Å²) < 4.78 is 6.00. The van der Waals surface area contributed by atoms with Gasteiger partial charge in [0, 0.05) is 13.0 Å². The Morgan fingerprint density at radius 2 is 1.76 bits per heavy atom. The minimum absolute atomic E-state index is 0.0746. The third-order valence-electron chi connectivity index (χ3n) is 5.53. The van der Waals surface area contributed by atoms with Crippen LogP contribution in [0.15, 0.2) is 24.3 Å². The van der Waals surface area contributed by atoms with E-state index in [2.05, 4.69) is 5.32 Å². The smallest absolute Gasteiger partial charge is 0.310 e. The zero-order valence-electron chi connectivity index (χ0n) is 14.6. The first-order chi connectivity index (χ1) is 12.1. The summed E-state index contributed by atoms with van der Waals surface area (Å²) in [7, 11) is 0. The van der Waals surface area contributed by atoms with Gasteiger partial charge in [-0.25, -0.2) is 0 Å². The number of carboxylic acid groups (broad SMARTS) is 1. The average molecular weight is 345 g/mol. The molecule has 0 spiro atoms. The lowest BCUT2D eigenvalue weighted by atomic mass is 9.66. The first kappa shape index (κ1) is 17.8. The van der Waals surface area contributed by atoms with Gasteiger partial charge >= 0.3 is 5.97 Å². The fourth-order valence-corrected chi connectivity index (χ4v) is 3.70.